The van der Waals surface area contributed by atoms with Gasteiger partial charge < -0.3 is 9.64 Å². The lowest BCUT2D eigenvalue weighted by molar-refractivity contribution is -0.752. The minimum atomic E-state index is 0.784. The number of unbranched alkanes of at least 4 members (excludes halogenated alkanes) is 1. The Balaban J connectivity index is 1.94. The Kier molecular flexibility index (Phi) is 5.01. The summed E-state index contributed by atoms with van der Waals surface area (Å²) in [7, 11) is 0. The smallest absolute Gasteiger partial charge is 0.204 e. The highest BCUT2D eigenvalue weighted by molar-refractivity contribution is 5.64. The zero-order valence-corrected chi connectivity index (χ0v) is 13.2. The summed E-state index contributed by atoms with van der Waals surface area (Å²) in [6.07, 6.45) is 4.49. The summed E-state index contributed by atoms with van der Waals surface area (Å²) in [6.45, 7) is 6.58. The third kappa shape index (κ3) is 3.63. The first-order chi connectivity index (χ1) is 10.9. The average molecular weight is 298 g/mol. The van der Waals surface area contributed by atoms with E-state index in [-0.39, 0.29) is 0 Å². The van der Waals surface area contributed by atoms with Crippen LogP contribution in [0.5, 0.6) is 0 Å². The molecule has 1 aliphatic heterocycles. The molecule has 4 heteroatoms. The van der Waals surface area contributed by atoms with E-state index in [0.717, 1.165) is 45.1 Å². The second-order valence-electron chi connectivity index (χ2n) is 5.67. The summed E-state index contributed by atoms with van der Waals surface area (Å²) >= 11 is 0. The van der Waals surface area contributed by atoms with Crippen LogP contribution in [-0.2, 0) is 11.3 Å². The maximum atomic E-state index is 5.45. The van der Waals surface area contributed by atoms with E-state index in [9.17, 15) is 0 Å². The Bertz CT molecular complexity index is 595. The molecule has 1 aromatic carbocycles. The van der Waals surface area contributed by atoms with Gasteiger partial charge in [-0.3, -0.25) is 0 Å². The van der Waals surface area contributed by atoms with Crippen LogP contribution in [-0.4, -0.2) is 31.4 Å². The van der Waals surface area contributed by atoms with E-state index in [4.69, 9.17) is 9.84 Å². The molecule has 2 aromatic rings. The van der Waals surface area contributed by atoms with Gasteiger partial charge in [0.2, 0.25) is 6.20 Å². The van der Waals surface area contributed by atoms with E-state index in [1.54, 1.807) is 0 Å². The minimum Gasteiger partial charge on any atom is -0.378 e. The molecule has 1 saturated heterocycles. The molecule has 0 amide bonds. The zero-order chi connectivity index (χ0) is 15.2. The van der Waals surface area contributed by atoms with E-state index in [1.807, 2.05) is 0 Å². The molecule has 0 bridgehead atoms. The van der Waals surface area contributed by atoms with Crippen molar-refractivity contribution in [2.45, 2.75) is 26.3 Å². The van der Waals surface area contributed by atoms with Crippen LogP contribution in [0.4, 0.5) is 5.82 Å². The van der Waals surface area contributed by atoms with E-state index < -0.39 is 0 Å². The molecule has 0 N–H and O–H groups in total. The van der Waals surface area contributed by atoms with Crippen molar-refractivity contribution in [3.05, 3.63) is 42.6 Å². The SMILES string of the molecule is CCCC[n+]1cc(-c2ccccc2)cc(N2CCOCC2)n1. The van der Waals surface area contributed by atoms with E-state index in [1.165, 1.54) is 17.5 Å². The van der Waals surface area contributed by atoms with Crippen LogP contribution in [0.3, 0.4) is 0 Å². The van der Waals surface area contributed by atoms with Crippen LogP contribution < -0.4 is 9.58 Å². The molecule has 0 atom stereocenters. The lowest BCUT2D eigenvalue weighted by Gasteiger charge is -2.26. The normalized spacial score (nSPS) is 15.0. The maximum absolute atomic E-state index is 5.45. The number of morpholine rings is 1. The standard InChI is InChI=1S/C18H24N3O/c1-2-3-9-21-15-17(16-7-5-4-6-8-16)14-18(19-21)20-10-12-22-13-11-20/h4-8,14-15H,2-3,9-13H2,1H3/q+1. The molecular formula is C18H24N3O+. The number of aryl methyl sites for hydroxylation is 1. The predicted octanol–water partition coefficient (Wildman–Crippen LogP) is 2.67. The third-order valence-electron chi connectivity index (χ3n) is 3.99. The first kappa shape index (κ1) is 15.0. The number of ether oxygens (including phenoxy) is 1. The monoisotopic (exact) mass is 298 g/mol. The van der Waals surface area contributed by atoms with E-state index >= 15 is 0 Å². The van der Waals surface area contributed by atoms with Gasteiger partial charge in [0, 0.05) is 30.7 Å². The zero-order valence-electron chi connectivity index (χ0n) is 13.2. The second kappa shape index (κ2) is 7.36. The lowest BCUT2D eigenvalue weighted by Crippen LogP contribution is -2.43. The summed E-state index contributed by atoms with van der Waals surface area (Å²) < 4.78 is 7.55. The highest BCUT2D eigenvalue weighted by atomic mass is 16.5. The van der Waals surface area contributed by atoms with Crippen LogP contribution in [0, 0.1) is 0 Å². The van der Waals surface area contributed by atoms with E-state index in [0.29, 0.717) is 0 Å². The second-order valence-corrected chi connectivity index (χ2v) is 5.67. The highest BCUT2D eigenvalue weighted by Gasteiger charge is 2.18. The average Bonchev–Trinajstić information content (AvgIpc) is 2.61. The first-order valence-corrected chi connectivity index (χ1v) is 8.17. The van der Waals surface area contributed by atoms with Crippen molar-refractivity contribution in [1.82, 2.24) is 5.10 Å². The molecule has 0 saturated carbocycles. The Morgan fingerprint density at radius 3 is 2.64 bits per heavy atom. The Morgan fingerprint density at radius 2 is 1.91 bits per heavy atom. The van der Waals surface area contributed by atoms with Gasteiger partial charge in [0.1, 0.15) is 0 Å². The molecular weight excluding hydrogens is 274 g/mol. The molecule has 0 spiro atoms. The summed E-state index contributed by atoms with van der Waals surface area (Å²) in [6, 6.07) is 12.7. The predicted molar refractivity (Wildman–Crippen MR) is 87.8 cm³/mol. The topological polar surface area (TPSA) is 29.2 Å². The van der Waals surface area contributed by atoms with E-state index in [2.05, 4.69) is 59.1 Å². The van der Waals surface area contributed by atoms with Gasteiger partial charge in [0.15, 0.2) is 12.4 Å². The highest BCUT2D eigenvalue weighted by Crippen LogP contribution is 2.21. The Hall–Kier alpha value is -1.94. The van der Waals surface area contributed by atoms with Crippen LogP contribution >= 0.6 is 0 Å². The molecule has 116 valence electrons. The number of hydrogen-bond acceptors (Lipinski definition) is 3. The van der Waals surface area contributed by atoms with Gasteiger partial charge in [-0.2, -0.15) is 0 Å². The summed E-state index contributed by atoms with van der Waals surface area (Å²) in [5, 5.41) is 4.81. The van der Waals surface area contributed by atoms with Crippen molar-refractivity contribution >= 4 is 5.82 Å². The number of aromatic nitrogens is 2. The summed E-state index contributed by atoms with van der Waals surface area (Å²) in [5.41, 5.74) is 2.47. The number of benzene rings is 1. The molecule has 4 nitrogen and oxygen atoms in total. The molecule has 3 rings (SSSR count). The van der Waals surface area contributed by atoms with Gasteiger partial charge in [0.25, 0.3) is 0 Å². The van der Waals surface area contributed by atoms with Gasteiger partial charge in [-0.1, -0.05) is 48.4 Å². The lowest BCUT2D eigenvalue weighted by atomic mass is 10.1. The molecule has 1 fully saturated rings. The van der Waals surface area contributed by atoms with Crippen molar-refractivity contribution in [3.8, 4) is 11.1 Å². The third-order valence-corrected chi connectivity index (χ3v) is 3.99. The number of anilines is 1. The van der Waals surface area contributed by atoms with Crippen molar-refractivity contribution < 1.29 is 9.42 Å². The molecule has 1 aromatic heterocycles. The maximum Gasteiger partial charge on any atom is 0.204 e. The van der Waals surface area contributed by atoms with Crippen LogP contribution in [0.25, 0.3) is 11.1 Å². The van der Waals surface area contributed by atoms with Gasteiger partial charge in [-0.15, -0.1) is 0 Å². The molecule has 0 unspecified atom stereocenters. The van der Waals surface area contributed by atoms with Gasteiger partial charge in [0.05, 0.1) is 18.8 Å². The fraction of sp³-hybridized carbons (Fsp3) is 0.444. The summed E-state index contributed by atoms with van der Waals surface area (Å²) in [5.74, 6) is 1.06. The minimum absolute atomic E-state index is 0.784. The molecule has 0 aliphatic carbocycles. The van der Waals surface area contributed by atoms with Crippen LogP contribution in [0.2, 0.25) is 0 Å². The van der Waals surface area contributed by atoms with Gasteiger partial charge in [-0.25, -0.2) is 0 Å². The fourth-order valence-corrected chi connectivity index (χ4v) is 2.70. The molecule has 2 heterocycles. The molecule has 22 heavy (non-hydrogen) atoms. The fourth-order valence-electron chi connectivity index (χ4n) is 2.70. The molecule has 0 radical (unpaired) electrons. The van der Waals surface area contributed by atoms with Crippen molar-refractivity contribution in [2.75, 3.05) is 31.2 Å². The van der Waals surface area contributed by atoms with Crippen molar-refractivity contribution in [2.24, 2.45) is 0 Å². The Morgan fingerprint density at radius 1 is 1.14 bits per heavy atom. The van der Waals surface area contributed by atoms with Crippen molar-refractivity contribution in [1.29, 1.82) is 0 Å². The van der Waals surface area contributed by atoms with Crippen molar-refractivity contribution in [3.63, 3.8) is 0 Å². The quantitative estimate of drug-likeness (QED) is 0.795. The van der Waals surface area contributed by atoms with Crippen LogP contribution in [0.1, 0.15) is 19.8 Å². The number of hydrogen-bond donors (Lipinski definition) is 0. The van der Waals surface area contributed by atoms with Crippen LogP contribution in [0.15, 0.2) is 42.6 Å². The summed E-state index contributed by atoms with van der Waals surface area (Å²) in [4.78, 5) is 2.32. The van der Waals surface area contributed by atoms with Gasteiger partial charge in [-0.05, 0) is 5.56 Å². The first-order valence-electron chi connectivity index (χ1n) is 8.17. The number of rotatable bonds is 5. The Labute approximate surface area is 132 Å². The number of nitrogens with zero attached hydrogens (tertiary/aromatic N) is 3. The largest absolute Gasteiger partial charge is 0.378 e. The van der Waals surface area contributed by atoms with Gasteiger partial charge >= 0.3 is 0 Å². The molecule has 1 aliphatic rings.